The van der Waals surface area contributed by atoms with Gasteiger partial charge in [-0.2, -0.15) is 0 Å². The van der Waals surface area contributed by atoms with Gasteiger partial charge in [-0.05, 0) is 42.2 Å². The molecule has 8 nitrogen and oxygen atoms in total. The second kappa shape index (κ2) is 9.64. The number of cyclic esters (lactones) is 1. The van der Waals surface area contributed by atoms with Crippen molar-refractivity contribution < 1.29 is 28.7 Å². The lowest BCUT2D eigenvalue weighted by atomic mass is 9.93. The van der Waals surface area contributed by atoms with Gasteiger partial charge in [-0.3, -0.25) is 10.1 Å². The van der Waals surface area contributed by atoms with Gasteiger partial charge in [0.2, 0.25) is 0 Å². The minimum absolute atomic E-state index is 0.0762. The summed E-state index contributed by atoms with van der Waals surface area (Å²) in [5.41, 5.74) is 2.15. The molecule has 4 rings (SSSR count). The topological polar surface area (TPSA) is 111 Å². The molecule has 0 aromatic heterocycles. The number of rotatable bonds is 5. The number of nitrogens with one attached hydrogen (secondary N) is 2. The number of hydrogen-bond donors (Lipinski definition) is 2. The van der Waals surface area contributed by atoms with E-state index in [2.05, 4.69) is 10.6 Å². The van der Waals surface area contributed by atoms with E-state index in [0.717, 1.165) is 31.2 Å². The van der Waals surface area contributed by atoms with E-state index in [1.54, 1.807) is 6.07 Å². The van der Waals surface area contributed by atoms with Gasteiger partial charge in [-0.25, -0.2) is 14.4 Å². The van der Waals surface area contributed by atoms with Gasteiger partial charge in [-0.15, -0.1) is 0 Å². The smallest absolute Gasteiger partial charge is 0.339 e. The number of esters is 2. The van der Waals surface area contributed by atoms with Gasteiger partial charge >= 0.3 is 18.0 Å². The Kier molecular flexibility index (Phi) is 6.49. The van der Waals surface area contributed by atoms with E-state index < -0.39 is 36.6 Å². The molecule has 1 fully saturated rings. The lowest BCUT2D eigenvalue weighted by Gasteiger charge is -2.25. The van der Waals surface area contributed by atoms with Gasteiger partial charge < -0.3 is 14.8 Å². The van der Waals surface area contributed by atoms with Gasteiger partial charge in [0.05, 0.1) is 11.1 Å². The first kappa shape index (κ1) is 21.5. The van der Waals surface area contributed by atoms with Gasteiger partial charge in [-0.1, -0.05) is 43.2 Å². The molecule has 2 N–H and O–H groups in total. The van der Waals surface area contributed by atoms with E-state index in [0.29, 0.717) is 17.5 Å². The third-order valence-corrected chi connectivity index (χ3v) is 5.66. The summed E-state index contributed by atoms with van der Waals surface area (Å²) in [6.45, 7) is -0.581. The molecular weight excluding hydrogens is 412 g/mol. The molecule has 2 aromatic carbocycles. The Balaban J connectivity index is 1.34. The van der Waals surface area contributed by atoms with Crippen LogP contribution < -0.4 is 10.6 Å². The first-order valence-electron chi connectivity index (χ1n) is 10.7. The molecule has 0 saturated heterocycles. The number of fused-ring (bicyclic) bond motifs is 1. The highest BCUT2D eigenvalue weighted by Gasteiger charge is 2.28. The highest BCUT2D eigenvalue weighted by atomic mass is 16.5. The van der Waals surface area contributed by atoms with Crippen LogP contribution in [-0.4, -0.2) is 36.5 Å². The molecule has 1 unspecified atom stereocenters. The molecule has 0 radical (unpaired) electrons. The van der Waals surface area contributed by atoms with Gasteiger partial charge in [0.15, 0.2) is 6.61 Å². The maximum Gasteiger partial charge on any atom is 0.339 e. The monoisotopic (exact) mass is 436 g/mol. The van der Waals surface area contributed by atoms with Crippen LogP contribution in [0.1, 0.15) is 63.6 Å². The number of carbonyl (C=O) groups excluding carboxylic acids is 4. The van der Waals surface area contributed by atoms with Crippen molar-refractivity contribution in [3.8, 4) is 0 Å². The third-order valence-electron chi connectivity index (χ3n) is 5.66. The summed E-state index contributed by atoms with van der Waals surface area (Å²) < 4.78 is 10.6. The minimum Gasteiger partial charge on any atom is -0.454 e. The minimum atomic E-state index is -0.714. The van der Waals surface area contributed by atoms with Crippen LogP contribution in [0.15, 0.2) is 48.5 Å². The Morgan fingerprint density at radius 1 is 1.03 bits per heavy atom. The Morgan fingerprint density at radius 2 is 1.78 bits per heavy atom. The van der Waals surface area contributed by atoms with E-state index in [9.17, 15) is 19.2 Å². The highest BCUT2D eigenvalue weighted by Crippen LogP contribution is 2.31. The molecule has 2 aliphatic rings. The molecule has 0 spiro atoms. The molecular formula is C24H24N2O6. The zero-order valence-corrected chi connectivity index (χ0v) is 17.5. The zero-order chi connectivity index (χ0) is 22.5. The highest BCUT2D eigenvalue weighted by molar-refractivity contribution is 5.98. The van der Waals surface area contributed by atoms with E-state index in [-0.39, 0.29) is 11.6 Å². The number of ether oxygens (including phenoxy) is 2. The summed E-state index contributed by atoms with van der Waals surface area (Å²) in [4.78, 5) is 48.5. The molecule has 1 atom stereocenters. The average Bonchev–Trinajstić information content (AvgIpc) is 3.30. The van der Waals surface area contributed by atoms with E-state index in [1.165, 1.54) is 12.1 Å². The predicted molar refractivity (Wildman–Crippen MR) is 114 cm³/mol. The molecule has 8 heteroatoms. The zero-order valence-electron chi connectivity index (χ0n) is 17.5. The summed E-state index contributed by atoms with van der Waals surface area (Å²) in [7, 11) is 0. The fourth-order valence-electron chi connectivity index (χ4n) is 4.05. The van der Waals surface area contributed by atoms with Crippen LogP contribution in [0.25, 0.3) is 0 Å². The van der Waals surface area contributed by atoms with Crippen molar-refractivity contribution >= 4 is 23.9 Å². The number of urea groups is 1. The summed E-state index contributed by atoms with van der Waals surface area (Å²) in [6, 6.07) is 13.4. The van der Waals surface area contributed by atoms with Crippen molar-refractivity contribution in [3.63, 3.8) is 0 Å². The molecule has 2 aromatic rings. The van der Waals surface area contributed by atoms with Crippen LogP contribution in [-0.2, 0) is 20.7 Å². The average molecular weight is 436 g/mol. The standard InChI is InChI=1S/C24H24N2O6/c27-21(26-24(30)25-18-8-4-5-9-18)14-31-22(28)16-10-11-19-17(12-16)13-20(32-23(19)29)15-6-2-1-3-7-15/h1-3,6-7,10-12,18,20H,4-5,8-9,13-14H2,(H2,25,26,27,30). The van der Waals surface area contributed by atoms with E-state index >= 15 is 0 Å². The number of amides is 3. The second-order valence-corrected chi connectivity index (χ2v) is 7.96. The Morgan fingerprint density at radius 3 is 2.53 bits per heavy atom. The van der Waals surface area contributed by atoms with Crippen LogP contribution >= 0.6 is 0 Å². The molecule has 1 aliphatic heterocycles. The summed E-state index contributed by atoms with van der Waals surface area (Å²) in [5, 5.41) is 4.90. The maximum absolute atomic E-state index is 12.4. The van der Waals surface area contributed by atoms with Crippen molar-refractivity contribution in [1.29, 1.82) is 0 Å². The Labute approximate surface area is 185 Å². The van der Waals surface area contributed by atoms with Gasteiger partial charge in [0.1, 0.15) is 6.10 Å². The van der Waals surface area contributed by atoms with Gasteiger partial charge in [0, 0.05) is 12.5 Å². The van der Waals surface area contributed by atoms with E-state index in [4.69, 9.17) is 9.47 Å². The number of imide groups is 1. The van der Waals surface area contributed by atoms with Crippen LogP contribution in [0.5, 0.6) is 0 Å². The van der Waals surface area contributed by atoms with E-state index in [1.807, 2.05) is 30.3 Å². The lowest BCUT2D eigenvalue weighted by Crippen LogP contribution is -2.45. The first-order chi connectivity index (χ1) is 15.5. The molecule has 32 heavy (non-hydrogen) atoms. The number of carbonyl (C=O) groups is 4. The molecule has 3 amide bonds. The third kappa shape index (κ3) is 5.14. The molecule has 1 heterocycles. The number of benzene rings is 2. The van der Waals surface area contributed by atoms with Crippen LogP contribution in [0, 0.1) is 0 Å². The molecule has 166 valence electrons. The van der Waals surface area contributed by atoms with Crippen molar-refractivity contribution in [1.82, 2.24) is 10.6 Å². The SMILES string of the molecule is O=C(COC(=O)c1ccc2c(c1)CC(c1ccccc1)OC2=O)NC(=O)NC1CCCC1. The second-order valence-electron chi connectivity index (χ2n) is 7.96. The molecule has 1 aliphatic carbocycles. The van der Waals surface area contributed by atoms with Crippen LogP contribution in [0.4, 0.5) is 4.79 Å². The maximum atomic E-state index is 12.4. The lowest BCUT2D eigenvalue weighted by molar-refractivity contribution is -0.123. The Bertz CT molecular complexity index is 1030. The van der Waals surface area contributed by atoms with Crippen molar-refractivity contribution in [3.05, 3.63) is 70.8 Å². The van der Waals surface area contributed by atoms with Crippen molar-refractivity contribution in [2.75, 3.05) is 6.61 Å². The first-order valence-corrected chi connectivity index (χ1v) is 10.7. The van der Waals surface area contributed by atoms with Crippen molar-refractivity contribution in [2.24, 2.45) is 0 Å². The fraction of sp³-hybridized carbons (Fsp3) is 0.333. The molecule has 0 bridgehead atoms. The quantitative estimate of drug-likeness (QED) is 0.697. The van der Waals surface area contributed by atoms with Crippen molar-refractivity contribution in [2.45, 2.75) is 44.2 Å². The summed E-state index contributed by atoms with van der Waals surface area (Å²) in [6.07, 6.45) is 3.89. The van der Waals surface area contributed by atoms with Gasteiger partial charge in [0.25, 0.3) is 5.91 Å². The van der Waals surface area contributed by atoms with Crippen LogP contribution in [0.2, 0.25) is 0 Å². The number of hydrogen-bond acceptors (Lipinski definition) is 6. The Hall–Kier alpha value is -3.68. The summed E-state index contributed by atoms with van der Waals surface area (Å²) in [5.74, 6) is -1.87. The molecule has 1 saturated carbocycles. The fourth-order valence-corrected chi connectivity index (χ4v) is 4.05. The predicted octanol–water partition coefficient (Wildman–Crippen LogP) is 3.07. The summed E-state index contributed by atoms with van der Waals surface area (Å²) >= 11 is 0. The normalized spacial score (nSPS) is 17.8. The van der Waals surface area contributed by atoms with Crippen LogP contribution in [0.3, 0.4) is 0 Å². The largest absolute Gasteiger partial charge is 0.454 e.